The molecule has 23 heavy (non-hydrogen) atoms. The summed E-state index contributed by atoms with van der Waals surface area (Å²) in [6, 6.07) is 0. The van der Waals surface area contributed by atoms with E-state index < -0.39 is 18.8 Å². The first kappa shape index (κ1) is 20.0. The van der Waals surface area contributed by atoms with Crippen LogP contribution in [0.4, 0.5) is 13.2 Å². The van der Waals surface area contributed by atoms with E-state index in [4.69, 9.17) is 5.11 Å². The van der Waals surface area contributed by atoms with Crippen molar-refractivity contribution in [2.75, 3.05) is 26.7 Å². The Morgan fingerprint density at radius 2 is 2.26 bits per heavy atom. The number of aliphatic imine (C=N–C) groups is 1. The van der Waals surface area contributed by atoms with E-state index in [0.717, 1.165) is 12.0 Å². The van der Waals surface area contributed by atoms with Crippen molar-refractivity contribution in [2.24, 2.45) is 12.0 Å². The van der Waals surface area contributed by atoms with Gasteiger partial charge in [-0.05, 0) is 12.0 Å². The van der Waals surface area contributed by atoms with Crippen LogP contribution < -0.4 is 5.32 Å². The Balaban J connectivity index is 0.00000264. The summed E-state index contributed by atoms with van der Waals surface area (Å²) in [7, 11) is 3.36. The number of hydrogen-bond donors (Lipinski definition) is 2. The number of aliphatic hydroxyl groups is 1. The highest BCUT2D eigenvalue weighted by Crippen LogP contribution is 2.26. The number of guanidine groups is 1. The smallest absolute Gasteiger partial charge is 0.382 e. The van der Waals surface area contributed by atoms with Gasteiger partial charge < -0.3 is 15.3 Å². The van der Waals surface area contributed by atoms with Gasteiger partial charge in [-0.1, -0.05) is 0 Å². The van der Waals surface area contributed by atoms with Crippen LogP contribution in [0, 0.1) is 0 Å². The van der Waals surface area contributed by atoms with Crippen molar-refractivity contribution in [3.8, 4) is 0 Å². The Bertz CT molecular complexity index is 534. The van der Waals surface area contributed by atoms with E-state index in [0.29, 0.717) is 19.0 Å². The molecule has 0 bridgehead atoms. The van der Waals surface area contributed by atoms with Crippen LogP contribution in [0.1, 0.15) is 17.9 Å². The fourth-order valence-corrected chi connectivity index (χ4v) is 2.51. The Morgan fingerprint density at radius 3 is 2.78 bits per heavy atom. The Hall–Kier alpha value is -1.04. The lowest BCUT2D eigenvalue weighted by atomic mass is 10.0. The predicted molar refractivity (Wildman–Crippen MR) is 91.0 cm³/mol. The molecule has 0 amide bonds. The van der Waals surface area contributed by atoms with E-state index in [1.54, 1.807) is 10.9 Å². The SMILES string of the molecule is CN=C(NCC(O)C(F)(F)F)N1CCC(c2cnn(C)c2)C1.I. The molecule has 0 saturated carbocycles. The van der Waals surface area contributed by atoms with Crippen molar-refractivity contribution >= 4 is 29.9 Å². The van der Waals surface area contributed by atoms with Gasteiger partial charge in [0.1, 0.15) is 0 Å². The highest BCUT2D eigenvalue weighted by atomic mass is 127. The molecule has 0 aliphatic carbocycles. The van der Waals surface area contributed by atoms with Crippen molar-refractivity contribution in [3.05, 3.63) is 18.0 Å². The summed E-state index contributed by atoms with van der Waals surface area (Å²) in [6.07, 6.45) is -2.40. The van der Waals surface area contributed by atoms with E-state index in [2.05, 4.69) is 15.4 Å². The summed E-state index contributed by atoms with van der Waals surface area (Å²) < 4.78 is 38.7. The Morgan fingerprint density at radius 1 is 1.57 bits per heavy atom. The summed E-state index contributed by atoms with van der Waals surface area (Å²) in [6.45, 7) is 0.749. The first-order chi connectivity index (χ1) is 10.3. The molecular weight excluding hydrogens is 426 g/mol. The summed E-state index contributed by atoms with van der Waals surface area (Å²) >= 11 is 0. The summed E-state index contributed by atoms with van der Waals surface area (Å²) in [4.78, 5) is 5.88. The number of hydrogen-bond acceptors (Lipinski definition) is 3. The third kappa shape index (κ3) is 5.23. The molecule has 2 heterocycles. The van der Waals surface area contributed by atoms with Gasteiger partial charge in [0.15, 0.2) is 12.1 Å². The first-order valence-corrected chi connectivity index (χ1v) is 7.00. The number of aromatic nitrogens is 2. The molecule has 1 aliphatic rings. The molecule has 10 heteroatoms. The Kier molecular flexibility index (Phi) is 7.11. The molecule has 1 aromatic heterocycles. The van der Waals surface area contributed by atoms with Gasteiger partial charge in [0.05, 0.1) is 12.7 Å². The number of likely N-dealkylation sites (tertiary alicyclic amines) is 1. The lowest BCUT2D eigenvalue weighted by molar-refractivity contribution is -0.201. The maximum absolute atomic E-state index is 12.3. The maximum Gasteiger partial charge on any atom is 0.416 e. The largest absolute Gasteiger partial charge is 0.416 e. The van der Waals surface area contributed by atoms with E-state index in [1.165, 1.54) is 7.05 Å². The second-order valence-electron chi connectivity index (χ2n) is 5.36. The maximum atomic E-state index is 12.3. The van der Waals surface area contributed by atoms with E-state index in [-0.39, 0.29) is 29.9 Å². The minimum absolute atomic E-state index is 0. The second kappa shape index (κ2) is 8.18. The third-order valence-electron chi connectivity index (χ3n) is 3.73. The molecule has 6 nitrogen and oxygen atoms in total. The topological polar surface area (TPSA) is 65.7 Å². The fourth-order valence-electron chi connectivity index (χ4n) is 2.51. The van der Waals surface area contributed by atoms with Gasteiger partial charge >= 0.3 is 6.18 Å². The molecule has 2 unspecified atom stereocenters. The van der Waals surface area contributed by atoms with Crippen LogP contribution in [0.2, 0.25) is 0 Å². The predicted octanol–water partition coefficient (Wildman–Crippen LogP) is 1.33. The molecule has 1 saturated heterocycles. The molecule has 1 aromatic rings. The first-order valence-electron chi connectivity index (χ1n) is 7.00. The average Bonchev–Trinajstić information content (AvgIpc) is 3.07. The van der Waals surface area contributed by atoms with Crippen molar-refractivity contribution in [3.63, 3.8) is 0 Å². The normalized spacial score (nSPS) is 20.3. The zero-order valence-corrected chi connectivity index (χ0v) is 15.2. The van der Waals surface area contributed by atoms with Crippen molar-refractivity contribution < 1.29 is 18.3 Å². The van der Waals surface area contributed by atoms with Crippen LogP contribution in [0.15, 0.2) is 17.4 Å². The molecular formula is C13H21F3IN5O. The number of alkyl halides is 3. The molecule has 1 fully saturated rings. The highest BCUT2D eigenvalue weighted by Gasteiger charge is 2.38. The number of aryl methyl sites for hydroxylation is 1. The van der Waals surface area contributed by atoms with Crippen LogP contribution >= 0.6 is 24.0 Å². The van der Waals surface area contributed by atoms with Gasteiger partial charge in [0.2, 0.25) is 0 Å². The van der Waals surface area contributed by atoms with Gasteiger partial charge in [-0.2, -0.15) is 18.3 Å². The van der Waals surface area contributed by atoms with Crippen LogP contribution in [-0.2, 0) is 7.05 Å². The molecule has 132 valence electrons. The molecule has 0 spiro atoms. The molecule has 0 radical (unpaired) electrons. The number of nitrogens with one attached hydrogen (secondary N) is 1. The standard InChI is InChI=1S/C13H20F3N5O.HI/c1-17-12(18-6-11(22)13(14,15)16)21-4-3-9(8-21)10-5-19-20(2)7-10;/h5,7,9,11,22H,3-4,6,8H2,1-2H3,(H,17,18);1H. The number of nitrogens with zero attached hydrogens (tertiary/aromatic N) is 4. The molecule has 2 rings (SSSR count). The molecule has 1 aliphatic heterocycles. The summed E-state index contributed by atoms with van der Waals surface area (Å²) in [5.41, 5.74) is 1.11. The highest BCUT2D eigenvalue weighted by molar-refractivity contribution is 14.0. The third-order valence-corrected chi connectivity index (χ3v) is 3.73. The van der Waals surface area contributed by atoms with Crippen LogP contribution in [0.5, 0.6) is 0 Å². The van der Waals surface area contributed by atoms with E-state index in [1.807, 2.05) is 18.1 Å². The van der Waals surface area contributed by atoms with Crippen LogP contribution in [0.3, 0.4) is 0 Å². The minimum Gasteiger partial charge on any atom is -0.382 e. The van der Waals surface area contributed by atoms with Crippen LogP contribution in [-0.4, -0.2) is 64.7 Å². The van der Waals surface area contributed by atoms with Gasteiger partial charge in [-0.25, -0.2) is 0 Å². The number of rotatable bonds is 3. The lowest BCUT2D eigenvalue weighted by Gasteiger charge is -2.23. The van der Waals surface area contributed by atoms with Gasteiger partial charge in [0.25, 0.3) is 0 Å². The monoisotopic (exact) mass is 447 g/mol. The van der Waals surface area contributed by atoms with E-state index >= 15 is 0 Å². The zero-order valence-electron chi connectivity index (χ0n) is 12.9. The molecule has 0 aromatic carbocycles. The van der Waals surface area contributed by atoms with Crippen LogP contribution in [0.25, 0.3) is 0 Å². The minimum atomic E-state index is -4.63. The van der Waals surface area contributed by atoms with Crippen molar-refractivity contribution in [1.29, 1.82) is 0 Å². The summed E-state index contributed by atoms with van der Waals surface area (Å²) in [5.74, 6) is 0.648. The number of aliphatic hydroxyl groups excluding tert-OH is 1. The van der Waals surface area contributed by atoms with Gasteiger partial charge in [-0.15, -0.1) is 24.0 Å². The Labute approximate surface area is 149 Å². The van der Waals surface area contributed by atoms with E-state index in [9.17, 15) is 13.2 Å². The quantitative estimate of drug-likeness (QED) is 0.417. The fraction of sp³-hybridized carbons (Fsp3) is 0.692. The zero-order chi connectivity index (χ0) is 16.3. The van der Waals surface area contributed by atoms with Crippen molar-refractivity contribution in [2.45, 2.75) is 24.6 Å². The van der Waals surface area contributed by atoms with Gasteiger partial charge in [0, 0.05) is 39.3 Å². The lowest BCUT2D eigenvalue weighted by Crippen LogP contribution is -2.46. The second-order valence-corrected chi connectivity index (χ2v) is 5.36. The van der Waals surface area contributed by atoms with Crippen molar-refractivity contribution in [1.82, 2.24) is 20.0 Å². The number of halogens is 4. The van der Waals surface area contributed by atoms with Gasteiger partial charge in [-0.3, -0.25) is 9.67 Å². The summed E-state index contributed by atoms with van der Waals surface area (Å²) in [5, 5.41) is 15.7. The average molecular weight is 447 g/mol. The molecule has 2 atom stereocenters. The molecule has 2 N–H and O–H groups in total.